The lowest BCUT2D eigenvalue weighted by atomic mass is 9.89. The van der Waals surface area contributed by atoms with Crippen LogP contribution in [0.2, 0.25) is 0 Å². The zero-order valence-electron chi connectivity index (χ0n) is 10.5. The van der Waals surface area contributed by atoms with Gasteiger partial charge in [-0.3, -0.25) is 4.40 Å². The van der Waals surface area contributed by atoms with Crippen LogP contribution in [0.3, 0.4) is 0 Å². The zero-order chi connectivity index (χ0) is 12.5. The summed E-state index contributed by atoms with van der Waals surface area (Å²) < 4.78 is 7.91. The molecule has 0 bridgehead atoms. The van der Waals surface area contributed by atoms with Gasteiger partial charge < -0.3 is 9.84 Å². The molecule has 0 amide bonds. The Balaban J connectivity index is 1.83. The van der Waals surface area contributed by atoms with E-state index in [1.807, 2.05) is 16.0 Å². The first-order chi connectivity index (χ1) is 8.78. The topological polar surface area (TPSA) is 46.8 Å². The molecule has 1 N–H and O–H groups in total. The summed E-state index contributed by atoms with van der Waals surface area (Å²) in [5.74, 6) is 1.34. The van der Waals surface area contributed by atoms with Gasteiger partial charge in [-0.1, -0.05) is 13.3 Å². The highest BCUT2D eigenvalue weighted by Gasteiger charge is 2.23. The molecule has 2 heterocycles. The summed E-state index contributed by atoms with van der Waals surface area (Å²) >= 11 is 1.56. The number of thiazole rings is 1. The first-order valence-corrected chi connectivity index (χ1v) is 7.38. The van der Waals surface area contributed by atoms with Crippen molar-refractivity contribution in [2.24, 2.45) is 5.92 Å². The van der Waals surface area contributed by atoms with Crippen molar-refractivity contribution in [2.45, 2.75) is 45.3 Å². The van der Waals surface area contributed by atoms with Crippen molar-refractivity contribution < 1.29 is 9.84 Å². The minimum absolute atomic E-state index is 0.0322. The van der Waals surface area contributed by atoms with Crippen molar-refractivity contribution in [2.75, 3.05) is 0 Å². The molecule has 0 saturated heterocycles. The van der Waals surface area contributed by atoms with Gasteiger partial charge in [0, 0.05) is 11.6 Å². The van der Waals surface area contributed by atoms with Gasteiger partial charge in [-0.15, -0.1) is 11.3 Å². The molecule has 1 saturated carbocycles. The van der Waals surface area contributed by atoms with E-state index in [-0.39, 0.29) is 12.7 Å². The monoisotopic (exact) mass is 266 g/mol. The fraction of sp³-hybridized carbons (Fsp3) is 0.615. The second kappa shape index (κ2) is 4.90. The third-order valence-corrected chi connectivity index (χ3v) is 4.40. The van der Waals surface area contributed by atoms with Crippen molar-refractivity contribution in [1.29, 1.82) is 0 Å². The summed E-state index contributed by atoms with van der Waals surface area (Å²) in [5, 5.41) is 11.4. The Bertz CT molecular complexity index is 534. The number of imidazole rings is 1. The fourth-order valence-electron chi connectivity index (χ4n) is 2.69. The average molecular weight is 266 g/mol. The maximum Gasteiger partial charge on any atom is 0.239 e. The number of aromatic nitrogens is 2. The summed E-state index contributed by atoms with van der Waals surface area (Å²) in [7, 11) is 0. The van der Waals surface area contributed by atoms with Crippen LogP contribution in [0.4, 0.5) is 0 Å². The van der Waals surface area contributed by atoms with E-state index >= 15 is 0 Å². The Kier molecular flexibility index (Phi) is 3.26. The molecule has 98 valence electrons. The molecule has 1 aliphatic rings. The van der Waals surface area contributed by atoms with Crippen molar-refractivity contribution in [3.63, 3.8) is 0 Å². The highest BCUT2D eigenvalue weighted by atomic mass is 32.1. The summed E-state index contributed by atoms with van der Waals surface area (Å²) in [6.07, 6.45) is 6.89. The van der Waals surface area contributed by atoms with Crippen LogP contribution in [0.5, 0.6) is 5.88 Å². The minimum atomic E-state index is -0.0322. The lowest BCUT2D eigenvalue weighted by Gasteiger charge is -2.26. The van der Waals surface area contributed by atoms with Gasteiger partial charge in [0.2, 0.25) is 5.88 Å². The van der Waals surface area contributed by atoms with Gasteiger partial charge in [0.1, 0.15) is 11.8 Å². The van der Waals surface area contributed by atoms with Crippen LogP contribution in [-0.2, 0) is 6.61 Å². The van der Waals surface area contributed by atoms with E-state index < -0.39 is 0 Å². The quantitative estimate of drug-likeness (QED) is 0.929. The first-order valence-electron chi connectivity index (χ1n) is 6.50. The summed E-state index contributed by atoms with van der Waals surface area (Å²) in [4.78, 5) is 5.35. The molecular weight excluding hydrogens is 248 g/mol. The van der Waals surface area contributed by atoms with Gasteiger partial charge in [-0.25, -0.2) is 0 Å². The molecule has 4 nitrogen and oxygen atoms in total. The standard InChI is InChI=1S/C13H18N2O2S/c1-9-3-2-4-10(7-9)17-12-11(8-16)15-5-6-18-13(15)14-12/h5-6,9-10,16H,2-4,7-8H2,1H3. The molecule has 2 aromatic heterocycles. The number of ether oxygens (including phenoxy) is 1. The lowest BCUT2D eigenvalue weighted by molar-refractivity contribution is 0.120. The van der Waals surface area contributed by atoms with Crippen molar-refractivity contribution in [3.05, 3.63) is 17.3 Å². The summed E-state index contributed by atoms with van der Waals surface area (Å²) in [6.45, 7) is 2.24. The molecule has 5 heteroatoms. The van der Waals surface area contributed by atoms with Gasteiger partial charge in [0.25, 0.3) is 0 Å². The Morgan fingerprint density at radius 2 is 2.44 bits per heavy atom. The Morgan fingerprint density at radius 1 is 1.56 bits per heavy atom. The first kappa shape index (κ1) is 12.0. The minimum Gasteiger partial charge on any atom is -0.473 e. The molecule has 0 aliphatic heterocycles. The van der Waals surface area contributed by atoms with Gasteiger partial charge in [-0.2, -0.15) is 4.98 Å². The van der Waals surface area contributed by atoms with Crippen LogP contribution in [0.1, 0.15) is 38.3 Å². The largest absolute Gasteiger partial charge is 0.473 e. The van der Waals surface area contributed by atoms with E-state index in [2.05, 4.69) is 11.9 Å². The number of fused-ring (bicyclic) bond motifs is 1. The molecule has 3 rings (SSSR count). The zero-order valence-corrected chi connectivity index (χ0v) is 11.3. The molecule has 0 spiro atoms. The lowest BCUT2D eigenvalue weighted by Crippen LogP contribution is -2.24. The molecule has 2 atom stereocenters. The van der Waals surface area contributed by atoms with E-state index in [0.717, 1.165) is 29.4 Å². The van der Waals surface area contributed by atoms with Crippen LogP contribution in [0.15, 0.2) is 11.6 Å². The van der Waals surface area contributed by atoms with Crippen LogP contribution in [0.25, 0.3) is 4.96 Å². The van der Waals surface area contributed by atoms with Crippen LogP contribution >= 0.6 is 11.3 Å². The maximum absolute atomic E-state index is 9.47. The molecule has 0 aromatic carbocycles. The summed E-state index contributed by atoms with van der Waals surface area (Å²) in [6, 6.07) is 0. The highest BCUT2D eigenvalue weighted by Crippen LogP contribution is 2.30. The van der Waals surface area contributed by atoms with Crippen LogP contribution in [0, 0.1) is 5.92 Å². The normalized spacial score (nSPS) is 24.6. The van der Waals surface area contributed by atoms with Crippen molar-refractivity contribution in [1.82, 2.24) is 9.38 Å². The SMILES string of the molecule is CC1CCCC(Oc2nc3sccn3c2CO)C1. The average Bonchev–Trinajstić information content (AvgIpc) is 2.89. The van der Waals surface area contributed by atoms with Crippen molar-refractivity contribution >= 4 is 16.3 Å². The van der Waals surface area contributed by atoms with Gasteiger partial charge in [-0.05, 0) is 25.2 Å². The number of hydrogen-bond acceptors (Lipinski definition) is 4. The molecule has 18 heavy (non-hydrogen) atoms. The maximum atomic E-state index is 9.47. The predicted octanol–water partition coefficient (Wildman–Crippen LogP) is 2.85. The van der Waals surface area contributed by atoms with E-state index in [0.29, 0.717) is 5.88 Å². The highest BCUT2D eigenvalue weighted by molar-refractivity contribution is 7.15. The van der Waals surface area contributed by atoms with E-state index in [1.54, 1.807) is 11.3 Å². The molecule has 1 aliphatic carbocycles. The predicted molar refractivity (Wildman–Crippen MR) is 71.0 cm³/mol. The van der Waals surface area contributed by atoms with E-state index in [9.17, 15) is 5.11 Å². The third-order valence-electron chi connectivity index (χ3n) is 3.64. The molecule has 0 radical (unpaired) electrons. The second-order valence-corrected chi connectivity index (χ2v) is 5.96. The summed E-state index contributed by atoms with van der Waals surface area (Å²) in [5.41, 5.74) is 0.768. The molecular formula is C13H18N2O2S. The fourth-order valence-corrected chi connectivity index (χ4v) is 3.42. The third kappa shape index (κ3) is 2.12. The van der Waals surface area contributed by atoms with Gasteiger partial charge in [0.05, 0.1) is 6.61 Å². The Hall–Kier alpha value is -1.07. The Morgan fingerprint density at radius 3 is 3.22 bits per heavy atom. The van der Waals surface area contributed by atoms with Crippen LogP contribution < -0.4 is 4.74 Å². The number of aliphatic hydroxyl groups excluding tert-OH is 1. The van der Waals surface area contributed by atoms with Gasteiger partial charge >= 0.3 is 0 Å². The van der Waals surface area contributed by atoms with Gasteiger partial charge in [0.15, 0.2) is 4.96 Å². The molecule has 1 fully saturated rings. The number of aliphatic hydroxyl groups is 1. The van der Waals surface area contributed by atoms with Crippen LogP contribution in [-0.4, -0.2) is 20.6 Å². The smallest absolute Gasteiger partial charge is 0.239 e. The van der Waals surface area contributed by atoms with Crippen molar-refractivity contribution in [3.8, 4) is 5.88 Å². The number of hydrogen-bond donors (Lipinski definition) is 1. The van der Waals surface area contributed by atoms with E-state index in [4.69, 9.17) is 4.74 Å². The molecule has 2 unspecified atom stereocenters. The second-order valence-electron chi connectivity index (χ2n) is 5.09. The number of nitrogens with zero attached hydrogens (tertiary/aromatic N) is 2. The Labute approximate surface area is 110 Å². The molecule has 2 aromatic rings. The van der Waals surface area contributed by atoms with E-state index in [1.165, 1.54) is 12.8 Å². The number of rotatable bonds is 3.